The van der Waals surface area contributed by atoms with Gasteiger partial charge in [0.05, 0.1) is 26.1 Å². The first kappa shape index (κ1) is 8.47. The van der Waals surface area contributed by atoms with Crippen molar-refractivity contribution in [1.82, 2.24) is 0 Å². The van der Waals surface area contributed by atoms with E-state index in [0.717, 1.165) is 13.2 Å². The predicted molar refractivity (Wildman–Crippen MR) is 42.1 cm³/mol. The van der Waals surface area contributed by atoms with E-state index in [1.807, 2.05) is 0 Å². The van der Waals surface area contributed by atoms with Crippen molar-refractivity contribution in [2.75, 3.05) is 26.1 Å². The van der Waals surface area contributed by atoms with E-state index in [1.54, 1.807) is 0 Å². The number of hydrogen-bond acceptors (Lipinski definition) is 4. The molecule has 2 atom stereocenters. The average molecular weight is 192 g/mol. The normalized spacial score (nSPS) is 39.6. The Labute approximate surface area is 72.0 Å². The minimum Gasteiger partial charge on any atom is -0.381 e. The summed E-state index contributed by atoms with van der Waals surface area (Å²) < 4.78 is 31.6. The van der Waals surface area contributed by atoms with Crippen molar-refractivity contribution in [3.05, 3.63) is 0 Å². The molecule has 1 heterocycles. The maximum Gasteiger partial charge on any atom is 0.267 e. The van der Waals surface area contributed by atoms with E-state index in [4.69, 9.17) is 4.74 Å². The molecule has 0 spiro atoms. The highest BCUT2D eigenvalue weighted by Crippen LogP contribution is 2.51. The predicted octanol–water partition coefficient (Wildman–Crippen LogP) is -0.145. The van der Waals surface area contributed by atoms with Gasteiger partial charge in [0, 0.05) is 0 Å². The maximum absolute atomic E-state index is 11.0. The van der Waals surface area contributed by atoms with Gasteiger partial charge in [0.1, 0.15) is 0 Å². The lowest BCUT2D eigenvalue weighted by molar-refractivity contribution is 0.154. The SMILES string of the molecule is COS(=O)(=O)CC1C2COCC21. The second-order valence-corrected chi connectivity index (χ2v) is 5.20. The number of ether oxygens (including phenoxy) is 1. The molecule has 2 fully saturated rings. The summed E-state index contributed by atoms with van der Waals surface area (Å²) in [6.07, 6.45) is 0. The summed E-state index contributed by atoms with van der Waals surface area (Å²) in [5.74, 6) is 1.43. The van der Waals surface area contributed by atoms with E-state index in [-0.39, 0.29) is 5.75 Å². The van der Waals surface area contributed by atoms with Crippen LogP contribution in [0, 0.1) is 17.8 Å². The van der Waals surface area contributed by atoms with Gasteiger partial charge in [-0.3, -0.25) is 4.18 Å². The fourth-order valence-corrected chi connectivity index (χ4v) is 3.01. The van der Waals surface area contributed by atoms with Crippen LogP contribution in [-0.4, -0.2) is 34.5 Å². The molecule has 70 valence electrons. The third-order valence-corrected chi connectivity index (χ3v) is 4.08. The molecule has 1 saturated carbocycles. The lowest BCUT2D eigenvalue weighted by atomic mass is 10.3. The zero-order chi connectivity index (χ0) is 8.77. The van der Waals surface area contributed by atoms with Gasteiger partial charge in [0.15, 0.2) is 0 Å². The van der Waals surface area contributed by atoms with Gasteiger partial charge in [-0.2, -0.15) is 8.42 Å². The molecule has 4 nitrogen and oxygen atoms in total. The summed E-state index contributed by atoms with van der Waals surface area (Å²) in [7, 11) is -2.04. The van der Waals surface area contributed by atoms with Crippen LogP contribution in [0.3, 0.4) is 0 Å². The van der Waals surface area contributed by atoms with Crippen molar-refractivity contribution in [3.63, 3.8) is 0 Å². The van der Waals surface area contributed by atoms with E-state index in [0.29, 0.717) is 17.8 Å². The molecule has 2 aliphatic rings. The number of rotatable bonds is 3. The van der Waals surface area contributed by atoms with Crippen molar-refractivity contribution in [2.24, 2.45) is 17.8 Å². The first-order chi connectivity index (χ1) is 5.64. The Balaban J connectivity index is 1.91. The molecule has 0 bridgehead atoms. The Morgan fingerprint density at radius 3 is 2.50 bits per heavy atom. The quantitative estimate of drug-likeness (QED) is 0.584. The van der Waals surface area contributed by atoms with Gasteiger partial charge < -0.3 is 4.74 Å². The molecule has 0 aromatic carbocycles. The monoisotopic (exact) mass is 192 g/mol. The van der Waals surface area contributed by atoms with Crippen LogP contribution in [0.1, 0.15) is 0 Å². The standard InChI is InChI=1S/C7H12O4S/c1-10-12(8,9)4-7-5-2-11-3-6(5)7/h5-7H,2-4H2,1H3. The summed E-state index contributed by atoms with van der Waals surface area (Å²) in [5, 5.41) is 0. The molecule has 0 aromatic heterocycles. The van der Waals surface area contributed by atoms with Gasteiger partial charge in [-0.15, -0.1) is 0 Å². The van der Waals surface area contributed by atoms with Crippen molar-refractivity contribution < 1.29 is 17.3 Å². The van der Waals surface area contributed by atoms with Gasteiger partial charge in [-0.25, -0.2) is 0 Å². The van der Waals surface area contributed by atoms with E-state index >= 15 is 0 Å². The molecular weight excluding hydrogens is 180 g/mol. The summed E-state index contributed by atoms with van der Waals surface area (Å²) in [5.41, 5.74) is 0. The molecule has 0 aromatic rings. The largest absolute Gasteiger partial charge is 0.381 e. The Morgan fingerprint density at radius 1 is 1.42 bits per heavy atom. The van der Waals surface area contributed by atoms with Gasteiger partial charge in [0.25, 0.3) is 10.1 Å². The zero-order valence-corrected chi connectivity index (χ0v) is 7.71. The van der Waals surface area contributed by atoms with Crippen LogP contribution in [-0.2, 0) is 19.0 Å². The summed E-state index contributed by atoms with van der Waals surface area (Å²) >= 11 is 0. The highest BCUT2D eigenvalue weighted by atomic mass is 32.2. The van der Waals surface area contributed by atoms with Gasteiger partial charge in [-0.1, -0.05) is 0 Å². The smallest absolute Gasteiger partial charge is 0.267 e. The van der Waals surface area contributed by atoms with Crippen molar-refractivity contribution in [3.8, 4) is 0 Å². The van der Waals surface area contributed by atoms with E-state index in [1.165, 1.54) is 7.11 Å². The average Bonchev–Trinajstić information content (AvgIpc) is 2.51. The molecule has 12 heavy (non-hydrogen) atoms. The van der Waals surface area contributed by atoms with Crippen LogP contribution >= 0.6 is 0 Å². The third kappa shape index (κ3) is 1.36. The van der Waals surface area contributed by atoms with Gasteiger partial charge in [-0.05, 0) is 17.8 Å². The van der Waals surface area contributed by atoms with E-state index < -0.39 is 10.1 Å². The van der Waals surface area contributed by atoms with Crippen LogP contribution in [0.25, 0.3) is 0 Å². The summed E-state index contributed by atoms with van der Waals surface area (Å²) in [6, 6.07) is 0. The van der Waals surface area contributed by atoms with Crippen LogP contribution < -0.4 is 0 Å². The number of fused-ring (bicyclic) bond motifs is 1. The van der Waals surface area contributed by atoms with Gasteiger partial charge in [0.2, 0.25) is 0 Å². The van der Waals surface area contributed by atoms with Crippen LogP contribution in [0.2, 0.25) is 0 Å². The second-order valence-electron chi connectivity index (χ2n) is 3.42. The lowest BCUT2D eigenvalue weighted by Crippen LogP contribution is -2.13. The molecule has 1 saturated heterocycles. The van der Waals surface area contributed by atoms with E-state index in [9.17, 15) is 8.42 Å². The minimum absolute atomic E-state index is 0.169. The zero-order valence-electron chi connectivity index (χ0n) is 6.89. The third-order valence-electron chi connectivity index (χ3n) is 2.78. The van der Waals surface area contributed by atoms with Crippen molar-refractivity contribution in [1.29, 1.82) is 0 Å². The molecule has 1 aliphatic carbocycles. The minimum atomic E-state index is -3.25. The molecule has 5 heteroatoms. The Morgan fingerprint density at radius 2 is 2.00 bits per heavy atom. The highest BCUT2D eigenvalue weighted by molar-refractivity contribution is 7.86. The first-order valence-corrected chi connectivity index (χ1v) is 5.58. The lowest BCUT2D eigenvalue weighted by Gasteiger charge is -2.03. The van der Waals surface area contributed by atoms with Crippen LogP contribution in [0.4, 0.5) is 0 Å². The van der Waals surface area contributed by atoms with Gasteiger partial charge >= 0.3 is 0 Å². The molecule has 2 rings (SSSR count). The van der Waals surface area contributed by atoms with Crippen molar-refractivity contribution in [2.45, 2.75) is 0 Å². The Kier molecular flexibility index (Phi) is 1.89. The second kappa shape index (κ2) is 2.68. The Bertz CT molecular complexity index is 261. The Hall–Kier alpha value is -0.130. The highest BCUT2D eigenvalue weighted by Gasteiger charge is 2.55. The van der Waals surface area contributed by atoms with Crippen LogP contribution in [0.15, 0.2) is 0 Å². The molecule has 0 N–H and O–H groups in total. The first-order valence-electron chi connectivity index (χ1n) is 4.00. The van der Waals surface area contributed by atoms with Crippen LogP contribution in [0.5, 0.6) is 0 Å². The molecule has 1 aliphatic heterocycles. The maximum atomic E-state index is 11.0. The summed E-state index contributed by atoms with van der Waals surface area (Å²) in [4.78, 5) is 0. The summed E-state index contributed by atoms with van der Waals surface area (Å²) in [6.45, 7) is 1.46. The molecule has 0 amide bonds. The van der Waals surface area contributed by atoms with E-state index in [2.05, 4.69) is 4.18 Å². The fraction of sp³-hybridized carbons (Fsp3) is 1.00. The van der Waals surface area contributed by atoms with Crippen molar-refractivity contribution >= 4 is 10.1 Å². The molecular formula is C7H12O4S. The number of hydrogen-bond donors (Lipinski definition) is 0. The molecule has 0 radical (unpaired) electrons. The fourth-order valence-electron chi connectivity index (χ4n) is 1.91. The molecule has 2 unspecified atom stereocenters. The topological polar surface area (TPSA) is 52.6 Å².